The molecule has 0 fully saturated rings. The minimum atomic E-state index is -0.453. The number of aromatic amines is 2. The van der Waals surface area contributed by atoms with Crippen LogP contribution < -0.4 is 11.3 Å². The van der Waals surface area contributed by atoms with Gasteiger partial charge in [0.1, 0.15) is 0 Å². The number of H-pyrrole nitrogens is 2. The molecule has 0 radical (unpaired) electrons. The summed E-state index contributed by atoms with van der Waals surface area (Å²) < 4.78 is 0. The maximum absolute atomic E-state index is 12.1. The van der Waals surface area contributed by atoms with E-state index in [2.05, 4.69) is 15.2 Å². The summed E-state index contributed by atoms with van der Waals surface area (Å²) in [7, 11) is 0. The highest BCUT2D eigenvalue weighted by Crippen LogP contribution is 2.31. The van der Waals surface area contributed by atoms with Crippen LogP contribution in [0.3, 0.4) is 0 Å². The van der Waals surface area contributed by atoms with E-state index in [0.717, 1.165) is 16.5 Å². The SMILES string of the molecule is Cc1[nH][nH]c(=O)c1C(CC(N)=O)c1ccnc2ccccc12. The van der Waals surface area contributed by atoms with Crippen LogP contribution in [0.15, 0.2) is 41.3 Å². The van der Waals surface area contributed by atoms with E-state index in [1.807, 2.05) is 30.3 Å². The van der Waals surface area contributed by atoms with Crippen molar-refractivity contribution in [3.05, 3.63) is 63.7 Å². The van der Waals surface area contributed by atoms with Crippen LogP contribution in [0.2, 0.25) is 0 Å². The van der Waals surface area contributed by atoms with Crippen LogP contribution in [0.1, 0.15) is 29.2 Å². The van der Waals surface area contributed by atoms with Crippen molar-refractivity contribution in [2.24, 2.45) is 5.73 Å². The second kappa shape index (κ2) is 5.48. The van der Waals surface area contributed by atoms with E-state index in [9.17, 15) is 9.59 Å². The van der Waals surface area contributed by atoms with Crippen LogP contribution in [0.4, 0.5) is 0 Å². The number of primary amides is 1. The van der Waals surface area contributed by atoms with Gasteiger partial charge in [-0.1, -0.05) is 18.2 Å². The number of aryl methyl sites for hydroxylation is 1. The zero-order valence-electron chi connectivity index (χ0n) is 12.1. The molecule has 3 aromatic rings. The van der Waals surface area contributed by atoms with Crippen molar-refractivity contribution in [3.63, 3.8) is 0 Å². The van der Waals surface area contributed by atoms with Crippen LogP contribution in [0.5, 0.6) is 0 Å². The Labute approximate surface area is 126 Å². The number of nitrogens with one attached hydrogen (secondary N) is 2. The van der Waals surface area contributed by atoms with Crippen LogP contribution >= 0.6 is 0 Å². The highest BCUT2D eigenvalue weighted by molar-refractivity contribution is 5.84. The Balaban J connectivity index is 2.25. The lowest BCUT2D eigenvalue weighted by molar-refractivity contribution is -0.118. The van der Waals surface area contributed by atoms with Gasteiger partial charge in [-0.05, 0) is 24.6 Å². The first kappa shape index (κ1) is 14.1. The average Bonchev–Trinajstić information content (AvgIpc) is 2.83. The van der Waals surface area contributed by atoms with Crippen molar-refractivity contribution >= 4 is 16.8 Å². The normalized spacial score (nSPS) is 12.4. The fraction of sp³-hybridized carbons (Fsp3) is 0.188. The number of fused-ring (bicyclic) bond motifs is 1. The van der Waals surface area contributed by atoms with E-state index < -0.39 is 11.8 Å². The van der Waals surface area contributed by atoms with Gasteiger partial charge in [-0.3, -0.25) is 19.7 Å². The second-order valence-corrected chi connectivity index (χ2v) is 5.26. The van der Waals surface area contributed by atoms with Crippen LogP contribution in [0, 0.1) is 6.92 Å². The molecular formula is C16H16N4O2. The minimum Gasteiger partial charge on any atom is -0.370 e. The summed E-state index contributed by atoms with van der Waals surface area (Å²) in [6.07, 6.45) is 1.75. The van der Waals surface area contributed by atoms with E-state index in [1.165, 1.54) is 0 Å². The minimum absolute atomic E-state index is 0.0653. The summed E-state index contributed by atoms with van der Waals surface area (Å²) in [5.41, 5.74) is 8.11. The van der Waals surface area contributed by atoms with Gasteiger partial charge in [0.05, 0.1) is 5.52 Å². The molecule has 0 aliphatic heterocycles. The molecule has 1 unspecified atom stereocenters. The molecule has 2 aromatic heterocycles. The number of nitrogens with two attached hydrogens (primary N) is 1. The molecule has 1 amide bonds. The number of para-hydroxylation sites is 1. The van der Waals surface area contributed by atoms with E-state index >= 15 is 0 Å². The summed E-state index contributed by atoms with van der Waals surface area (Å²) >= 11 is 0. The van der Waals surface area contributed by atoms with Gasteiger partial charge in [0.25, 0.3) is 5.56 Å². The Morgan fingerprint density at radius 3 is 2.73 bits per heavy atom. The third-order valence-corrected chi connectivity index (χ3v) is 3.82. The number of carbonyl (C=O) groups excluding carboxylic acids is 1. The van der Waals surface area contributed by atoms with E-state index in [1.54, 1.807) is 13.1 Å². The number of rotatable bonds is 4. The van der Waals surface area contributed by atoms with Crippen LogP contribution in [-0.4, -0.2) is 21.1 Å². The fourth-order valence-electron chi connectivity index (χ4n) is 2.87. The quantitative estimate of drug-likeness (QED) is 0.680. The monoisotopic (exact) mass is 296 g/mol. The van der Waals surface area contributed by atoms with Gasteiger partial charge >= 0.3 is 0 Å². The highest BCUT2D eigenvalue weighted by atomic mass is 16.1. The van der Waals surface area contributed by atoms with Gasteiger partial charge in [0.2, 0.25) is 5.91 Å². The number of hydrogen-bond donors (Lipinski definition) is 3. The Morgan fingerprint density at radius 1 is 1.27 bits per heavy atom. The second-order valence-electron chi connectivity index (χ2n) is 5.26. The molecule has 6 nitrogen and oxygen atoms in total. The van der Waals surface area contributed by atoms with Gasteiger partial charge in [0.15, 0.2) is 0 Å². The van der Waals surface area contributed by atoms with Crippen molar-refractivity contribution in [2.45, 2.75) is 19.3 Å². The maximum Gasteiger partial charge on any atom is 0.267 e. The van der Waals surface area contributed by atoms with Crippen molar-refractivity contribution in [1.29, 1.82) is 0 Å². The van der Waals surface area contributed by atoms with Crippen molar-refractivity contribution in [2.75, 3.05) is 0 Å². The van der Waals surface area contributed by atoms with Gasteiger partial charge < -0.3 is 10.8 Å². The fourth-order valence-corrected chi connectivity index (χ4v) is 2.87. The van der Waals surface area contributed by atoms with Gasteiger partial charge in [-0.15, -0.1) is 0 Å². The number of pyridine rings is 1. The number of aromatic nitrogens is 3. The zero-order valence-corrected chi connectivity index (χ0v) is 12.1. The number of carbonyl (C=O) groups is 1. The largest absolute Gasteiger partial charge is 0.370 e. The molecule has 0 bridgehead atoms. The van der Waals surface area contributed by atoms with E-state index in [-0.39, 0.29) is 12.0 Å². The maximum atomic E-state index is 12.1. The van der Waals surface area contributed by atoms with Crippen molar-refractivity contribution in [3.8, 4) is 0 Å². The molecule has 0 aliphatic carbocycles. The average molecular weight is 296 g/mol. The third-order valence-electron chi connectivity index (χ3n) is 3.82. The molecule has 4 N–H and O–H groups in total. The number of benzene rings is 1. The zero-order chi connectivity index (χ0) is 15.7. The molecule has 2 heterocycles. The van der Waals surface area contributed by atoms with Crippen molar-refractivity contribution < 1.29 is 4.79 Å². The summed E-state index contributed by atoms with van der Waals surface area (Å²) in [5.74, 6) is -0.855. The molecule has 0 saturated carbocycles. The summed E-state index contributed by atoms with van der Waals surface area (Å²) in [6, 6.07) is 9.47. The van der Waals surface area contributed by atoms with Gasteiger partial charge in [-0.25, -0.2) is 0 Å². The van der Waals surface area contributed by atoms with Crippen LogP contribution in [-0.2, 0) is 4.79 Å². The first-order chi connectivity index (χ1) is 10.6. The first-order valence-electron chi connectivity index (χ1n) is 6.97. The molecular weight excluding hydrogens is 280 g/mol. The highest BCUT2D eigenvalue weighted by Gasteiger charge is 2.24. The lowest BCUT2D eigenvalue weighted by Gasteiger charge is -2.17. The Hall–Kier alpha value is -2.89. The van der Waals surface area contributed by atoms with Crippen molar-refractivity contribution in [1.82, 2.24) is 15.2 Å². The van der Waals surface area contributed by atoms with Gasteiger partial charge in [-0.2, -0.15) is 0 Å². The number of hydrogen-bond acceptors (Lipinski definition) is 3. The first-order valence-corrected chi connectivity index (χ1v) is 6.97. The predicted molar refractivity (Wildman–Crippen MR) is 83.5 cm³/mol. The molecule has 0 saturated heterocycles. The molecule has 22 heavy (non-hydrogen) atoms. The molecule has 1 aromatic carbocycles. The number of amides is 1. The van der Waals surface area contributed by atoms with Crippen LogP contribution in [0.25, 0.3) is 10.9 Å². The molecule has 3 rings (SSSR count). The van der Waals surface area contributed by atoms with E-state index in [4.69, 9.17) is 5.73 Å². The molecule has 112 valence electrons. The summed E-state index contributed by atoms with van der Waals surface area (Å²) in [6.45, 7) is 1.80. The smallest absolute Gasteiger partial charge is 0.267 e. The van der Waals surface area contributed by atoms with Gasteiger partial charge in [0, 0.05) is 35.2 Å². The molecule has 6 heteroatoms. The van der Waals surface area contributed by atoms with E-state index in [0.29, 0.717) is 11.3 Å². The summed E-state index contributed by atoms with van der Waals surface area (Å²) in [4.78, 5) is 28.0. The molecule has 1 atom stereocenters. The Kier molecular flexibility index (Phi) is 3.50. The standard InChI is InChI=1S/C16H16N4O2/c1-9-15(16(22)20-19-9)12(8-14(17)21)10-6-7-18-13-5-3-2-4-11(10)13/h2-7,12H,8H2,1H3,(H2,17,21)(H2,19,20,22). The summed E-state index contributed by atoms with van der Waals surface area (Å²) in [5, 5.41) is 6.28. The Morgan fingerprint density at radius 2 is 2.05 bits per heavy atom. The topological polar surface area (TPSA) is 105 Å². The number of nitrogens with zero attached hydrogens (tertiary/aromatic N) is 1. The predicted octanol–water partition coefficient (Wildman–Crippen LogP) is 1.57. The Bertz CT molecular complexity index is 889. The molecule has 0 spiro atoms. The molecule has 0 aliphatic rings. The lowest BCUT2D eigenvalue weighted by atomic mass is 9.86. The lowest BCUT2D eigenvalue weighted by Crippen LogP contribution is -2.21. The third kappa shape index (κ3) is 2.39.